The van der Waals surface area contributed by atoms with Gasteiger partial charge in [0.25, 0.3) is 0 Å². The van der Waals surface area contributed by atoms with E-state index >= 15 is 0 Å². The minimum atomic E-state index is 0.770. The second-order valence-electron chi connectivity index (χ2n) is 6.54. The molecule has 1 aromatic heterocycles. The maximum Gasteiger partial charge on any atom is 0.118 e. The van der Waals surface area contributed by atoms with Gasteiger partial charge < -0.3 is 9.73 Å². The zero-order valence-electron chi connectivity index (χ0n) is 13.3. The third-order valence-corrected chi connectivity index (χ3v) is 4.28. The summed E-state index contributed by atoms with van der Waals surface area (Å²) in [6, 6.07) is 2.97. The van der Waals surface area contributed by atoms with Crippen molar-refractivity contribution in [1.29, 1.82) is 0 Å². The van der Waals surface area contributed by atoms with Crippen molar-refractivity contribution in [2.75, 3.05) is 13.6 Å². The summed E-state index contributed by atoms with van der Waals surface area (Å²) >= 11 is 0. The minimum absolute atomic E-state index is 0.770. The minimum Gasteiger partial charge on any atom is -0.468 e. The molecule has 1 heterocycles. The maximum atomic E-state index is 5.73. The largest absolute Gasteiger partial charge is 0.468 e. The Hall–Kier alpha value is -0.800. The Morgan fingerprint density at radius 3 is 2.75 bits per heavy atom. The molecule has 3 nitrogen and oxygen atoms in total. The van der Waals surface area contributed by atoms with Crippen LogP contribution in [0.4, 0.5) is 0 Å². The first-order chi connectivity index (χ1) is 9.69. The Labute approximate surface area is 123 Å². The van der Waals surface area contributed by atoms with E-state index in [-0.39, 0.29) is 0 Å². The molecule has 0 aromatic carbocycles. The molecule has 0 unspecified atom stereocenters. The number of furan rings is 1. The molecule has 1 aromatic rings. The number of hydrogen-bond donors (Lipinski definition) is 1. The molecule has 0 spiro atoms. The van der Waals surface area contributed by atoms with Crippen LogP contribution >= 0.6 is 0 Å². The van der Waals surface area contributed by atoms with E-state index in [0.29, 0.717) is 0 Å². The summed E-state index contributed by atoms with van der Waals surface area (Å²) in [7, 11) is 1.97. The average molecular weight is 278 g/mol. The quantitative estimate of drug-likeness (QED) is 0.784. The molecule has 0 amide bonds. The average Bonchev–Trinajstić information content (AvgIpc) is 3.06. The van der Waals surface area contributed by atoms with E-state index in [9.17, 15) is 0 Å². The summed E-state index contributed by atoms with van der Waals surface area (Å²) in [5, 5.41) is 3.17. The predicted molar refractivity (Wildman–Crippen MR) is 83.6 cm³/mol. The lowest BCUT2D eigenvalue weighted by molar-refractivity contribution is 0.166. The molecule has 0 saturated heterocycles. The summed E-state index contributed by atoms with van der Waals surface area (Å²) in [5.74, 6) is 1.89. The van der Waals surface area contributed by atoms with Gasteiger partial charge in [0.05, 0.1) is 12.8 Å². The van der Waals surface area contributed by atoms with Crippen LogP contribution < -0.4 is 5.32 Å². The van der Waals surface area contributed by atoms with Crippen LogP contribution in [-0.4, -0.2) is 24.5 Å². The molecule has 1 aliphatic carbocycles. The number of nitrogens with zero attached hydrogens (tertiary/aromatic N) is 1. The van der Waals surface area contributed by atoms with Gasteiger partial charge in [0.1, 0.15) is 5.76 Å². The van der Waals surface area contributed by atoms with E-state index in [0.717, 1.165) is 30.8 Å². The third-order valence-electron chi connectivity index (χ3n) is 4.28. The van der Waals surface area contributed by atoms with Gasteiger partial charge >= 0.3 is 0 Å². The number of rotatable bonds is 8. The first kappa shape index (κ1) is 15.6. The van der Waals surface area contributed by atoms with E-state index < -0.39 is 0 Å². The highest BCUT2D eigenvalue weighted by molar-refractivity contribution is 5.12. The van der Waals surface area contributed by atoms with Crippen molar-refractivity contribution in [1.82, 2.24) is 10.2 Å². The molecule has 1 fully saturated rings. The van der Waals surface area contributed by atoms with Gasteiger partial charge in [0, 0.05) is 18.2 Å². The Morgan fingerprint density at radius 1 is 1.35 bits per heavy atom. The van der Waals surface area contributed by atoms with E-state index in [1.807, 2.05) is 13.3 Å². The topological polar surface area (TPSA) is 28.4 Å². The van der Waals surface area contributed by atoms with Gasteiger partial charge in [-0.25, -0.2) is 0 Å². The van der Waals surface area contributed by atoms with Gasteiger partial charge in [-0.05, 0) is 44.8 Å². The zero-order chi connectivity index (χ0) is 14.4. The van der Waals surface area contributed by atoms with Crippen LogP contribution in [0, 0.1) is 5.92 Å². The van der Waals surface area contributed by atoms with E-state index in [4.69, 9.17) is 4.42 Å². The molecule has 0 aliphatic heterocycles. The van der Waals surface area contributed by atoms with Crippen LogP contribution in [0.3, 0.4) is 0 Å². The van der Waals surface area contributed by atoms with Gasteiger partial charge in [-0.1, -0.05) is 26.7 Å². The van der Waals surface area contributed by atoms with Crippen molar-refractivity contribution in [2.45, 2.75) is 65.1 Å². The van der Waals surface area contributed by atoms with Crippen LogP contribution in [0.2, 0.25) is 0 Å². The lowest BCUT2D eigenvalue weighted by Crippen LogP contribution is -2.34. The lowest BCUT2D eigenvalue weighted by atomic mass is 10.1. The smallest absolute Gasteiger partial charge is 0.118 e. The summed E-state index contributed by atoms with van der Waals surface area (Å²) in [5.41, 5.74) is 1.25. The molecule has 3 heteroatoms. The van der Waals surface area contributed by atoms with Crippen LogP contribution in [0.5, 0.6) is 0 Å². The SMILES string of the molecule is CNCc1coc(CN(CCC(C)C)C2CCCC2)c1. The second kappa shape index (κ2) is 7.84. The fourth-order valence-corrected chi connectivity index (χ4v) is 3.09. The number of hydrogen-bond acceptors (Lipinski definition) is 3. The molecule has 1 aliphatic rings. The normalized spacial score (nSPS) is 16.6. The maximum absolute atomic E-state index is 5.73. The lowest BCUT2D eigenvalue weighted by Gasteiger charge is -2.28. The number of nitrogens with one attached hydrogen (secondary N) is 1. The highest BCUT2D eigenvalue weighted by Crippen LogP contribution is 2.26. The molecule has 0 radical (unpaired) electrons. The molecule has 0 bridgehead atoms. The van der Waals surface area contributed by atoms with Crippen LogP contribution in [0.25, 0.3) is 0 Å². The van der Waals surface area contributed by atoms with Crippen molar-refractivity contribution in [3.63, 3.8) is 0 Å². The van der Waals surface area contributed by atoms with Gasteiger partial charge in [-0.3, -0.25) is 4.90 Å². The van der Waals surface area contributed by atoms with Gasteiger partial charge in [-0.15, -0.1) is 0 Å². The monoisotopic (exact) mass is 278 g/mol. The van der Waals surface area contributed by atoms with Crippen molar-refractivity contribution < 1.29 is 4.42 Å². The van der Waals surface area contributed by atoms with Crippen molar-refractivity contribution in [3.05, 3.63) is 23.7 Å². The van der Waals surface area contributed by atoms with Crippen molar-refractivity contribution >= 4 is 0 Å². The Morgan fingerprint density at radius 2 is 2.10 bits per heavy atom. The molecular formula is C17H30N2O. The Kier molecular flexibility index (Phi) is 6.11. The van der Waals surface area contributed by atoms with E-state index in [1.165, 1.54) is 44.2 Å². The standard InChI is InChI=1S/C17H30N2O/c1-14(2)8-9-19(16-6-4-5-7-16)12-17-10-15(11-18-3)13-20-17/h10,13-14,16,18H,4-9,11-12H2,1-3H3. The van der Waals surface area contributed by atoms with Gasteiger partial charge in [0.2, 0.25) is 0 Å². The van der Waals surface area contributed by atoms with Crippen LogP contribution in [-0.2, 0) is 13.1 Å². The molecule has 1 saturated carbocycles. The fraction of sp³-hybridized carbons (Fsp3) is 0.765. The highest BCUT2D eigenvalue weighted by atomic mass is 16.3. The Bertz CT molecular complexity index is 380. The molecule has 2 rings (SSSR count). The van der Waals surface area contributed by atoms with E-state index in [2.05, 4.69) is 30.1 Å². The Balaban J connectivity index is 1.94. The van der Waals surface area contributed by atoms with Crippen LogP contribution in [0.15, 0.2) is 16.7 Å². The van der Waals surface area contributed by atoms with Crippen molar-refractivity contribution in [2.24, 2.45) is 5.92 Å². The third kappa shape index (κ3) is 4.64. The fourth-order valence-electron chi connectivity index (χ4n) is 3.09. The van der Waals surface area contributed by atoms with Crippen molar-refractivity contribution in [3.8, 4) is 0 Å². The second-order valence-corrected chi connectivity index (χ2v) is 6.54. The summed E-state index contributed by atoms with van der Waals surface area (Å²) in [4.78, 5) is 2.65. The zero-order valence-corrected chi connectivity index (χ0v) is 13.3. The molecule has 0 atom stereocenters. The summed E-state index contributed by atoms with van der Waals surface area (Å²) in [6.07, 6.45) is 8.68. The van der Waals surface area contributed by atoms with Crippen LogP contribution in [0.1, 0.15) is 57.3 Å². The first-order valence-electron chi connectivity index (χ1n) is 8.14. The van der Waals surface area contributed by atoms with Gasteiger partial charge in [0.15, 0.2) is 0 Å². The molecular weight excluding hydrogens is 248 g/mol. The highest BCUT2D eigenvalue weighted by Gasteiger charge is 2.23. The predicted octanol–water partition coefficient (Wildman–Crippen LogP) is 3.79. The molecule has 20 heavy (non-hydrogen) atoms. The van der Waals surface area contributed by atoms with E-state index in [1.54, 1.807) is 0 Å². The first-order valence-corrected chi connectivity index (χ1v) is 8.14. The van der Waals surface area contributed by atoms with Gasteiger partial charge in [-0.2, -0.15) is 0 Å². The molecule has 1 N–H and O–H groups in total. The summed E-state index contributed by atoms with van der Waals surface area (Å²) in [6.45, 7) is 7.68. The molecule has 114 valence electrons. The summed E-state index contributed by atoms with van der Waals surface area (Å²) < 4.78 is 5.73.